The first kappa shape index (κ1) is 18.6. The highest BCUT2D eigenvalue weighted by Gasteiger charge is 2.17. The first-order valence-electron chi connectivity index (χ1n) is 9.32. The number of rotatable bonds is 4. The van der Waals surface area contributed by atoms with Crippen LogP contribution in [0.4, 0.5) is 17.3 Å². The Kier molecular flexibility index (Phi) is 5.15. The van der Waals surface area contributed by atoms with E-state index in [4.69, 9.17) is 0 Å². The predicted molar refractivity (Wildman–Crippen MR) is 115 cm³/mol. The second-order valence-electron chi connectivity index (χ2n) is 7.09. The number of anilines is 3. The maximum Gasteiger partial charge on any atom is 0.263 e. The summed E-state index contributed by atoms with van der Waals surface area (Å²) in [5.74, 6) is 1.50. The molecule has 0 aromatic carbocycles. The molecule has 8 heteroatoms. The SMILES string of the molecule is Cc1c(C(=O)N(C)C)sc2cnc(Nc3ccc(N4CCNCC4)cn3)cc12. The zero-order chi connectivity index (χ0) is 19.7. The fourth-order valence-electron chi connectivity index (χ4n) is 3.30. The molecular formula is C20H24N6OS. The van der Waals surface area contributed by atoms with Gasteiger partial charge < -0.3 is 20.4 Å². The van der Waals surface area contributed by atoms with E-state index in [9.17, 15) is 4.79 Å². The summed E-state index contributed by atoms with van der Waals surface area (Å²) in [6, 6.07) is 6.05. The van der Waals surface area contributed by atoms with Crippen LogP contribution in [0, 0.1) is 6.92 Å². The molecule has 3 aromatic heterocycles. The maximum atomic E-state index is 12.4. The lowest BCUT2D eigenvalue weighted by Gasteiger charge is -2.29. The fourth-order valence-corrected chi connectivity index (χ4v) is 4.48. The van der Waals surface area contributed by atoms with Crippen LogP contribution >= 0.6 is 11.3 Å². The van der Waals surface area contributed by atoms with E-state index in [1.165, 1.54) is 11.3 Å². The van der Waals surface area contributed by atoms with E-state index in [1.54, 1.807) is 19.0 Å². The standard InChI is InChI=1S/C20H24N6OS/c1-13-15-10-18(23-12-16(15)28-19(13)20(27)25(2)3)24-17-5-4-14(11-22-17)26-8-6-21-7-9-26/h4-5,10-12,21H,6-9H2,1-3H3,(H,22,23,24). The van der Waals surface area contributed by atoms with Crippen molar-refractivity contribution in [3.05, 3.63) is 41.0 Å². The molecule has 3 aromatic rings. The van der Waals surface area contributed by atoms with E-state index in [-0.39, 0.29) is 5.91 Å². The molecule has 1 amide bonds. The van der Waals surface area contributed by atoms with Gasteiger partial charge in [0.15, 0.2) is 0 Å². The zero-order valence-electron chi connectivity index (χ0n) is 16.3. The summed E-state index contributed by atoms with van der Waals surface area (Å²) in [6.45, 7) is 5.99. The topological polar surface area (TPSA) is 73.4 Å². The van der Waals surface area contributed by atoms with Gasteiger partial charge in [-0.3, -0.25) is 4.79 Å². The lowest BCUT2D eigenvalue weighted by atomic mass is 10.1. The van der Waals surface area contributed by atoms with Crippen molar-refractivity contribution in [3.8, 4) is 0 Å². The van der Waals surface area contributed by atoms with Crippen molar-refractivity contribution >= 4 is 44.7 Å². The Balaban J connectivity index is 1.54. The van der Waals surface area contributed by atoms with E-state index in [2.05, 4.69) is 31.6 Å². The second kappa shape index (κ2) is 7.73. The van der Waals surface area contributed by atoms with Crippen LogP contribution in [0.3, 0.4) is 0 Å². The minimum atomic E-state index is 0.0263. The van der Waals surface area contributed by atoms with Gasteiger partial charge in [0.2, 0.25) is 0 Å². The molecule has 0 radical (unpaired) electrons. The number of aromatic nitrogens is 2. The van der Waals surface area contributed by atoms with Crippen molar-refractivity contribution < 1.29 is 4.79 Å². The zero-order valence-corrected chi connectivity index (χ0v) is 17.1. The summed E-state index contributed by atoms with van der Waals surface area (Å²) in [4.78, 5) is 26.1. The van der Waals surface area contributed by atoms with Crippen LogP contribution in [0.1, 0.15) is 15.2 Å². The van der Waals surface area contributed by atoms with Gasteiger partial charge in [0, 0.05) is 51.9 Å². The Bertz CT molecular complexity index is 992. The number of hydrogen-bond acceptors (Lipinski definition) is 7. The van der Waals surface area contributed by atoms with Gasteiger partial charge in [0.05, 0.1) is 21.5 Å². The minimum Gasteiger partial charge on any atom is -0.368 e. The molecule has 0 unspecified atom stereocenters. The van der Waals surface area contributed by atoms with Gasteiger partial charge in [-0.2, -0.15) is 0 Å². The Morgan fingerprint density at radius 3 is 2.61 bits per heavy atom. The normalized spacial score (nSPS) is 14.3. The fraction of sp³-hybridized carbons (Fsp3) is 0.350. The van der Waals surface area contributed by atoms with Crippen molar-refractivity contribution in [1.29, 1.82) is 0 Å². The van der Waals surface area contributed by atoms with Gasteiger partial charge >= 0.3 is 0 Å². The smallest absolute Gasteiger partial charge is 0.263 e. The van der Waals surface area contributed by atoms with Crippen molar-refractivity contribution in [2.75, 3.05) is 50.5 Å². The highest BCUT2D eigenvalue weighted by molar-refractivity contribution is 7.21. The molecule has 0 saturated carbocycles. The number of hydrogen-bond donors (Lipinski definition) is 2. The van der Waals surface area contributed by atoms with Crippen LogP contribution in [0.2, 0.25) is 0 Å². The predicted octanol–water partition coefficient (Wildman–Crippen LogP) is 2.85. The molecule has 0 bridgehead atoms. The van der Waals surface area contributed by atoms with Crippen molar-refractivity contribution in [2.45, 2.75) is 6.92 Å². The number of piperazine rings is 1. The summed E-state index contributed by atoms with van der Waals surface area (Å²) < 4.78 is 1.01. The van der Waals surface area contributed by atoms with Crippen LogP contribution in [0.15, 0.2) is 30.6 Å². The molecule has 1 aliphatic heterocycles. The molecule has 146 valence electrons. The third kappa shape index (κ3) is 3.65. The lowest BCUT2D eigenvalue weighted by Crippen LogP contribution is -2.43. The second-order valence-corrected chi connectivity index (χ2v) is 8.14. The summed E-state index contributed by atoms with van der Waals surface area (Å²) in [5, 5.41) is 7.67. The van der Waals surface area contributed by atoms with Crippen molar-refractivity contribution in [3.63, 3.8) is 0 Å². The maximum absolute atomic E-state index is 12.4. The van der Waals surface area contributed by atoms with Crippen molar-refractivity contribution in [1.82, 2.24) is 20.2 Å². The molecular weight excluding hydrogens is 372 g/mol. The molecule has 1 aliphatic rings. The molecule has 0 aliphatic carbocycles. The van der Waals surface area contributed by atoms with Crippen LogP contribution in [-0.2, 0) is 0 Å². The van der Waals surface area contributed by atoms with Gasteiger partial charge in [-0.25, -0.2) is 9.97 Å². The van der Waals surface area contributed by atoms with E-state index < -0.39 is 0 Å². The van der Waals surface area contributed by atoms with Crippen LogP contribution < -0.4 is 15.5 Å². The number of amides is 1. The van der Waals surface area contributed by atoms with Crippen LogP contribution in [-0.4, -0.2) is 61.0 Å². The van der Waals surface area contributed by atoms with E-state index in [0.29, 0.717) is 0 Å². The number of thiophene rings is 1. The van der Waals surface area contributed by atoms with Gasteiger partial charge in [0.25, 0.3) is 5.91 Å². The number of nitrogens with one attached hydrogen (secondary N) is 2. The highest BCUT2D eigenvalue weighted by Crippen LogP contribution is 2.32. The molecule has 4 rings (SSSR count). The Labute approximate surface area is 168 Å². The number of fused-ring (bicyclic) bond motifs is 1. The average Bonchev–Trinajstić information content (AvgIpc) is 3.05. The quantitative estimate of drug-likeness (QED) is 0.707. The molecule has 7 nitrogen and oxygen atoms in total. The number of carbonyl (C=O) groups is 1. The van der Waals surface area contributed by atoms with Gasteiger partial charge in [-0.05, 0) is 30.7 Å². The minimum absolute atomic E-state index is 0.0263. The van der Waals surface area contributed by atoms with E-state index in [1.807, 2.05) is 31.5 Å². The molecule has 1 saturated heterocycles. The summed E-state index contributed by atoms with van der Waals surface area (Å²) in [6.07, 6.45) is 3.72. The average molecular weight is 397 g/mol. The molecule has 2 N–H and O–H groups in total. The number of nitrogens with zero attached hydrogens (tertiary/aromatic N) is 4. The van der Waals surface area contributed by atoms with E-state index in [0.717, 1.165) is 64.0 Å². The molecule has 0 atom stereocenters. The molecule has 0 spiro atoms. The third-order valence-corrected chi connectivity index (χ3v) is 6.14. The number of aryl methyl sites for hydroxylation is 1. The van der Waals surface area contributed by atoms with E-state index >= 15 is 0 Å². The number of carbonyl (C=O) groups excluding carboxylic acids is 1. The third-order valence-electron chi connectivity index (χ3n) is 4.91. The Hall–Kier alpha value is -2.71. The Morgan fingerprint density at radius 2 is 1.93 bits per heavy atom. The number of pyridine rings is 2. The largest absolute Gasteiger partial charge is 0.368 e. The van der Waals surface area contributed by atoms with Gasteiger partial charge in [-0.1, -0.05) is 0 Å². The highest BCUT2D eigenvalue weighted by atomic mass is 32.1. The van der Waals surface area contributed by atoms with Crippen LogP contribution in [0.5, 0.6) is 0 Å². The first-order valence-corrected chi connectivity index (χ1v) is 10.1. The first-order chi connectivity index (χ1) is 13.5. The van der Waals surface area contributed by atoms with Crippen molar-refractivity contribution in [2.24, 2.45) is 0 Å². The molecule has 28 heavy (non-hydrogen) atoms. The van der Waals surface area contributed by atoms with Crippen LogP contribution in [0.25, 0.3) is 10.1 Å². The lowest BCUT2D eigenvalue weighted by molar-refractivity contribution is 0.0831. The summed E-state index contributed by atoms with van der Waals surface area (Å²) >= 11 is 1.49. The monoisotopic (exact) mass is 396 g/mol. The summed E-state index contributed by atoms with van der Waals surface area (Å²) in [7, 11) is 3.54. The molecule has 1 fully saturated rings. The van der Waals surface area contributed by atoms with Gasteiger partial charge in [-0.15, -0.1) is 11.3 Å². The summed E-state index contributed by atoms with van der Waals surface area (Å²) in [5.41, 5.74) is 2.13. The van der Waals surface area contributed by atoms with Gasteiger partial charge in [0.1, 0.15) is 11.6 Å². The Morgan fingerprint density at radius 1 is 1.18 bits per heavy atom. The molecule has 4 heterocycles.